The van der Waals surface area contributed by atoms with Crippen LogP contribution in [0.2, 0.25) is 0 Å². The Bertz CT molecular complexity index is 417. The molecule has 0 saturated carbocycles. The second-order valence-corrected chi connectivity index (χ2v) is 4.64. The molecule has 3 heterocycles. The normalized spacial score (nSPS) is 20.5. The van der Waals surface area contributed by atoms with Crippen LogP contribution in [0.1, 0.15) is 12.8 Å². The van der Waals surface area contributed by atoms with Crippen LogP contribution in [0.4, 0.5) is 16.2 Å². The van der Waals surface area contributed by atoms with E-state index in [4.69, 9.17) is 4.74 Å². The van der Waals surface area contributed by atoms with Gasteiger partial charge >= 0.3 is 0 Å². The van der Waals surface area contributed by atoms with Crippen LogP contribution in [-0.4, -0.2) is 49.4 Å². The lowest BCUT2D eigenvalue weighted by Crippen LogP contribution is -2.37. The van der Waals surface area contributed by atoms with E-state index in [-0.39, 0.29) is 5.82 Å². The van der Waals surface area contributed by atoms with Gasteiger partial charge in [-0.2, -0.15) is 4.98 Å². The fourth-order valence-corrected chi connectivity index (χ4v) is 2.42. The number of morpholine rings is 1. The third kappa shape index (κ3) is 2.25. The smallest absolute Gasteiger partial charge is 0.227 e. The van der Waals surface area contributed by atoms with Crippen LogP contribution < -0.4 is 9.80 Å². The Labute approximate surface area is 106 Å². The molecule has 5 nitrogen and oxygen atoms in total. The molecule has 2 fully saturated rings. The molecular formula is C12H17FN4O. The van der Waals surface area contributed by atoms with E-state index in [1.807, 2.05) is 9.80 Å². The van der Waals surface area contributed by atoms with Crippen molar-refractivity contribution in [1.82, 2.24) is 9.97 Å². The maximum atomic E-state index is 13.8. The topological polar surface area (TPSA) is 41.5 Å². The first-order chi connectivity index (χ1) is 8.84. The first kappa shape index (κ1) is 11.6. The van der Waals surface area contributed by atoms with E-state index >= 15 is 0 Å². The predicted molar refractivity (Wildman–Crippen MR) is 66.5 cm³/mol. The lowest BCUT2D eigenvalue weighted by atomic mass is 10.4. The fourth-order valence-electron chi connectivity index (χ4n) is 2.42. The maximum Gasteiger partial charge on any atom is 0.227 e. The summed E-state index contributed by atoms with van der Waals surface area (Å²) >= 11 is 0. The van der Waals surface area contributed by atoms with Gasteiger partial charge in [0.1, 0.15) is 0 Å². The van der Waals surface area contributed by atoms with E-state index in [1.54, 1.807) is 0 Å². The molecule has 2 aliphatic heterocycles. The number of ether oxygens (including phenoxy) is 1. The molecule has 2 saturated heterocycles. The molecule has 0 aromatic carbocycles. The average molecular weight is 252 g/mol. The number of aromatic nitrogens is 2. The lowest BCUT2D eigenvalue weighted by Gasteiger charge is -2.27. The van der Waals surface area contributed by atoms with Crippen molar-refractivity contribution in [3.8, 4) is 0 Å². The predicted octanol–water partition coefficient (Wildman–Crippen LogP) is 1.05. The van der Waals surface area contributed by atoms with E-state index in [0.29, 0.717) is 25.0 Å². The van der Waals surface area contributed by atoms with E-state index in [1.165, 1.54) is 6.20 Å². The number of rotatable bonds is 2. The molecule has 0 bridgehead atoms. The van der Waals surface area contributed by atoms with Gasteiger partial charge in [0.05, 0.1) is 19.4 Å². The number of hydrogen-bond acceptors (Lipinski definition) is 5. The van der Waals surface area contributed by atoms with E-state index in [0.717, 1.165) is 39.0 Å². The first-order valence-electron chi connectivity index (χ1n) is 6.45. The molecule has 0 spiro atoms. The zero-order chi connectivity index (χ0) is 12.4. The molecule has 1 aromatic rings. The fraction of sp³-hybridized carbons (Fsp3) is 0.667. The van der Waals surface area contributed by atoms with Crippen molar-refractivity contribution in [3.05, 3.63) is 12.0 Å². The Balaban J connectivity index is 1.84. The van der Waals surface area contributed by atoms with Crippen LogP contribution >= 0.6 is 0 Å². The minimum Gasteiger partial charge on any atom is -0.378 e. The van der Waals surface area contributed by atoms with Gasteiger partial charge in [-0.25, -0.2) is 9.37 Å². The highest BCUT2D eigenvalue weighted by atomic mass is 19.1. The molecule has 0 atom stereocenters. The second-order valence-electron chi connectivity index (χ2n) is 4.64. The molecule has 0 aliphatic carbocycles. The summed E-state index contributed by atoms with van der Waals surface area (Å²) in [6.07, 6.45) is 3.50. The van der Waals surface area contributed by atoms with Gasteiger partial charge in [0.25, 0.3) is 0 Å². The van der Waals surface area contributed by atoms with Crippen molar-refractivity contribution >= 4 is 11.8 Å². The van der Waals surface area contributed by atoms with E-state index < -0.39 is 0 Å². The van der Waals surface area contributed by atoms with Crippen LogP contribution in [0, 0.1) is 5.82 Å². The summed E-state index contributed by atoms with van der Waals surface area (Å²) in [4.78, 5) is 12.5. The van der Waals surface area contributed by atoms with Crippen molar-refractivity contribution < 1.29 is 9.13 Å². The number of halogens is 1. The molecule has 0 radical (unpaired) electrons. The van der Waals surface area contributed by atoms with Crippen LogP contribution in [0.5, 0.6) is 0 Å². The van der Waals surface area contributed by atoms with Gasteiger partial charge in [0, 0.05) is 26.2 Å². The number of anilines is 2. The largest absolute Gasteiger partial charge is 0.378 e. The highest BCUT2D eigenvalue weighted by molar-refractivity contribution is 5.45. The molecule has 2 aliphatic rings. The summed E-state index contributed by atoms with van der Waals surface area (Å²) in [5, 5.41) is 0. The average Bonchev–Trinajstić information content (AvgIpc) is 2.94. The zero-order valence-electron chi connectivity index (χ0n) is 10.3. The minimum absolute atomic E-state index is 0.325. The van der Waals surface area contributed by atoms with Crippen LogP contribution in [0.15, 0.2) is 6.20 Å². The van der Waals surface area contributed by atoms with Gasteiger partial charge in [0.2, 0.25) is 5.95 Å². The Morgan fingerprint density at radius 3 is 2.50 bits per heavy atom. The molecule has 98 valence electrons. The molecule has 3 rings (SSSR count). The Morgan fingerprint density at radius 2 is 1.78 bits per heavy atom. The monoisotopic (exact) mass is 252 g/mol. The van der Waals surface area contributed by atoms with Crippen molar-refractivity contribution in [2.45, 2.75) is 12.8 Å². The Morgan fingerprint density at radius 1 is 1.06 bits per heavy atom. The molecule has 0 amide bonds. The minimum atomic E-state index is -0.325. The van der Waals surface area contributed by atoms with Gasteiger partial charge in [-0.05, 0) is 12.8 Å². The highest BCUT2D eigenvalue weighted by Crippen LogP contribution is 2.23. The summed E-state index contributed by atoms with van der Waals surface area (Å²) in [5.74, 6) is 0.736. The van der Waals surface area contributed by atoms with Gasteiger partial charge < -0.3 is 14.5 Å². The SMILES string of the molecule is Fc1cnc(N2CCOCC2)nc1N1CCCC1. The molecule has 1 aromatic heterocycles. The van der Waals surface area contributed by atoms with Crippen LogP contribution in [0.25, 0.3) is 0 Å². The van der Waals surface area contributed by atoms with Crippen molar-refractivity contribution in [1.29, 1.82) is 0 Å². The van der Waals surface area contributed by atoms with E-state index in [2.05, 4.69) is 9.97 Å². The lowest BCUT2D eigenvalue weighted by molar-refractivity contribution is 0.122. The molecule has 18 heavy (non-hydrogen) atoms. The number of hydrogen-bond donors (Lipinski definition) is 0. The summed E-state index contributed by atoms with van der Waals surface area (Å²) < 4.78 is 19.1. The molecule has 6 heteroatoms. The van der Waals surface area contributed by atoms with Crippen LogP contribution in [0.3, 0.4) is 0 Å². The summed E-state index contributed by atoms with van der Waals surface area (Å²) in [6.45, 7) is 4.67. The van der Waals surface area contributed by atoms with Crippen molar-refractivity contribution in [2.24, 2.45) is 0 Å². The molecular weight excluding hydrogens is 235 g/mol. The summed E-state index contributed by atoms with van der Waals surface area (Å²) in [6, 6.07) is 0. The highest BCUT2D eigenvalue weighted by Gasteiger charge is 2.21. The van der Waals surface area contributed by atoms with Crippen molar-refractivity contribution in [2.75, 3.05) is 49.2 Å². The quantitative estimate of drug-likeness (QED) is 0.787. The maximum absolute atomic E-state index is 13.8. The van der Waals surface area contributed by atoms with Gasteiger partial charge in [0.15, 0.2) is 11.6 Å². The number of nitrogens with zero attached hydrogens (tertiary/aromatic N) is 4. The van der Waals surface area contributed by atoms with Gasteiger partial charge in [-0.15, -0.1) is 0 Å². The Kier molecular flexibility index (Phi) is 3.27. The Hall–Kier alpha value is -1.43. The third-order valence-electron chi connectivity index (χ3n) is 3.41. The van der Waals surface area contributed by atoms with Crippen molar-refractivity contribution in [3.63, 3.8) is 0 Å². The summed E-state index contributed by atoms with van der Waals surface area (Å²) in [7, 11) is 0. The van der Waals surface area contributed by atoms with Gasteiger partial charge in [-0.3, -0.25) is 0 Å². The summed E-state index contributed by atoms with van der Waals surface area (Å²) in [5.41, 5.74) is 0. The first-order valence-corrected chi connectivity index (χ1v) is 6.45. The van der Waals surface area contributed by atoms with E-state index in [9.17, 15) is 4.39 Å². The molecule has 0 unspecified atom stereocenters. The zero-order valence-corrected chi connectivity index (χ0v) is 10.3. The standard InChI is InChI=1S/C12H17FN4O/c13-10-9-14-12(17-5-7-18-8-6-17)15-11(10)16-3-1-2-4-16/h9H,1-8H2. The third-order valence-corrected chi connectivity index (χ3v) is 3.41. The molecule has 0 N–H and O–H groups in total. The van der Waals surface area contributed by atoms with Crippen LogP contribution in [-0.2, 0) is 4.74 Å². The van der Waals surface area contributed by atoms with Gasteiger partial charge in [-0.1, -0.05) is 0 Å². The second kappa shape index (κ2) is 5.06.